The Morgan fingerprint density at radius 2 is 2.11 bits per heavy atom. The molecule has 0 saturated carbocycles. The van der Waals surface area contributed by atoms with E-state index >= 15 is 0 Å². The molecule has 1 atom stereocenters. The van der Waals surface area contributed by atoms with Gasteiger partial charge in [-0.3, -0.25) is 10.4 Å². The van der Waals surface area contributed by atoms with Crippen molar-refractivity contribution in [3.8, 4) is 0 Å². The van der Waals surface area contributed by atoms with Crippen LogP contribution in [0.15, 0.2) is 35.3 Å². The Morgan fingerprint density at radius 3 is 2.72 bits per heavy atom. The van der Waals surface area contributed by atoms with Crippen LogP contribution in [0.3, 0.4) is 0 Å². The van der Waals surface area contributed by atoms with Gasteiger partial charge in [-0.1, -0.05) is 30.3 Å². The Labute approximate surface area is 108 Å². The molecule has 1 aromatic carbocycles. The van der Waals surface area contributed by atoms with Crippen molar-refractivity contribution < 1.29 is 4.74 Å². The number of aliphatic imine (C=N–C) groups is 1. The summed E-state index contributed by atoms with van der Waals surface area (Å²) in [7, 11) is 1.68. The monoisotopic (exact) mass is 250 g/mol. The molecule has 5 heteroatoms. The molecule has 4 N–H and O–H groups in total. The van der Waals surface area contributed by atoms with E-state index in [4.69, 9.17) is 10.6 Å². The van der Waals surface area contributed by atoms with Gasteiger partial charge in [0.2, 0.25) is 5.96 Å². The Morgan fingerprint density at radius 1 is 1.39 bits per heavy atom. The lowest BCUT2D eigenvalue weighted by atomic mass is 10.1. The number of nitrogens with two attached hydrogens (primary N) is 1. The highest BCUT2D eigenvalue weighted by Crippen LogP contribution is 2.10. The van der Waals surface area contributed by atoms with Gasteiger partial charge in [-0.05, 0) is 18.9 Å². The summed E-state index contributed by atoms with van der Waals surface area (Å²) in [5.41, 5.74) is 3.77. The van der Waals surface area contributed by atoms with Crippen molar-refractivity contribution in [2.75, 3.05) is 20.3 Å². The van der Waals surface area contributed by atoms with Crippen LogP contribution in [0.5, 0.6) is 0 Å². The molecule has 5 nitrogen and oxygen atoms in total. The molecular formula is C13H22N4O. The van der Waals surface area contributed by atoms with E-state index in [1.54, 1.807) is 7.11 Å². The second kappa shape index (κ2) is 8.49. The molecule has 0 bridgehead atoms. The summed E-state index contributed by atoms with van der Waals surface area (Å²) in [5.74, 6) is 6.04. The van der Waals surface area contributed by atoms with Crippen molar-refractivity contribution >= 4 is 5.96 Å². The van der Waals surface area contributed by atoms with Crippen molar-refractivity contribution in [3.05, 3.63) is 35.9 Å². The molecule has 0 fully saturated rings. The van der Waals surface area contributed by atoms with Crippen LogP contribution in [0.1, 0.15) is 24.9 Å². The van der Waals surface area contributed by atoms with Gasteiger partial charge in [0, 0.05) is 20.3 Å². The average Bonchev–Trinajstić information content (AvgIpc) is 2.43. The topological polar surface area (TPSA) is 71.7 Å². The fourth-order valence-corrected chi connectivity index (χ4v) is 1.56. The maximum absolute atomic E-state index is 5.44. The summed E-state index contributed by atoms with van der Waals surface area (Å²) in [4.78, 5) is 4.33. The molecule has 0 aromatic heterocycles. The third-order valence-electron chi connectivity index (χ3n) is 2.57. The molecule has 0 spiro atoms. The van der Waals surface area contributed by atoms with E-state index in [0.29, 0.717) is 19.1 Å². The van der Waals surface area contributed by atoms with E-state index in [9.17, 15) is 0 Å². The van der Waals surface area contributed by atoms with Gasteiger partial charge in [0.25, 0.3) is 0 Å². The molecular weight excluding hydrogens is 228 g/mol. The molecule has 0 aliphatic heterocycles. The zero-order chi connectivity index (χ0) is 13.2. The third-order valence-corrected chi connectivity index (χ3v) is 2.57. The lowest BCUT2D eigenvalue weighted by Gasteiger charge is -2.16. The molecule has 1 rings (SSSR count). The Kier molecular flexibility index (Phi) is 6.83. The molecule has 1 aromatic rings. The molecule has 100 valence electrons. The molecule has 0 amide bonds. The molecule has 0 aliphatic carbocycles. The number of nitrogens with zero attached hydrogens (tertiary/aromatic N) is 1. The van der Waals surface area contributed by atoms with Gasteiger partial charge < -0.3 is 10.1 Å². The summed E-state index contributed by atoms with van der Waals surface area (Å²) >= 11 is 0. The van der Waals surface area contributed by atoms with Crippen molar-refractivity contribution in [2.45, 2.75) is 19.4 Å². The Bertz CT molecular complexity index is 353. The van der Waals surface area contributed by atoms with Crippen LogP contribution in [0.25, 0.3) is 0 Å². The van der Waals surface area contributed by atoms with Gasteiger partial charge in [0.15, 0.2) is 0 Å². The molecule has 1 unspecified atom stereocenters. The highest BCUT2D eigenvalue weighted by Gasteiger charge is 2.05. The number of hydrazine groups is 1. The molecule has 0 radical (unpaired) electrons. The second-order valence-corrected chi connectivity index (χ2v) is 4.00. The predicted octanol–water partition coefficient (Wildman–Crippen LogP) is 1.19. The maximum atomic E-state index is 5.44. The maximum Gasteiger partial charge on any atom is 0.206 e. The van der Waals surface area contributed by atoms with Gasteiger partial charge in [-0.2, -0.15) is 0 Å². The van der Waals surface area contributed by atoms with Crippen molar-refractivity contribution in [3.63, 3.8) is 0 Å². The third kappa shape index (κ3) is 5.16. The van der Waals surface area contributed by atoms with Crippen LogP contribution >= 0.6 is 0 Å². The number of nitrogens with one attached hydrogen (secondary N) is 2. The number of hydrogen-bond donors (Lipinski definition) is 3. The van der Waals surface area contributed by atoms with Crippen LogP contribution in [0, 0.1) is 0 Å². The highest BCUT2D eigenvalue weighted by molar-refractivity contribution is 5.79. The lowest BCUT2D eigenvalue weighted by molar-refractivity contribution is 0.197. The minimum atomic E-state index is 0.156. The summed E-state index contributed by atoms with van der Waals surface area (Å²) in [5, 5.41) is 3.23. The number of methoxy groups -OCH3 is 1. The normalized spacial score (nSPS) is 13.2. The second-order valence-electron chi connectivity index (χ2n) is 4.00. The van der Waals surface area contributed by atoms with Crippen molar-refractivity contribution in [2.24, 2.45) is 10.8 Å². The summed E-state index contributed by atoms with van der Waals surface area (Å²) < 4.78 is 4.97. The Hall–Kier alpha value is -1.59. The number of guanidine groups is 1. The van der Waals surface area contributed by atoms with Gasteiger partial charge in [-0.25, -0.2) is 5.84 Å². The quantitative estimate of drug-likeness (QED) is 0.233. The molecule has 0 aliphatic rings. The van der Waals surface area contributed by atoms with E-state index < -0.39 is 0 Å². The van der Waals surface area contributed by atoms with E-state index in [0.717, 1.165) is 6.42 Å². The van der Waals surface area contributed by atoms with Gasteiger partial charge in [-0.15, -0.1) is 0 Å². The van der Waals surface area contributed by atoms with Crippen molar-refractivity contribution in [1.82, 2.24) is 10.7 Å². The SMILES string of the molecule is COCCCN=C(NN)NC(C)c1ccccc1. The average molecular weight is 250 g/mol. The minimum Gasteiger partial charge on any atom is -0.385 e. The molecule has 0 heterocycles. The summed E-state index contributed by atoms with van der Waals surface area (Å²) in [6.07, 6.45) is 0.878. The van der Waals surface area contributed by atoms with E-state index in [1.807, 2.05) is 18.2 Å². The fourth-order valence-electron chi connectivity index (χ4n) is 1.56. The number of benzene rings is 1. The lowest BCUT2D eigenvalue weighted by Crippen LogP contribution is -2.42. The highest BCUT2D eigenvalue weighted by atomic mass is 16.5. The molecule has 18 heavy (non-hydrogen) atoms. The largest absolute Gasteiger partial charge is 0.385 e. The molecule has 0 saturated heterocycles. The summed E-state index contributed by atoms with van der Waals surface area (Å²) in [6.45, 7) is 3.45. The number of hydrogen-bond acceptors (Lipinski definition) is 3. The van der Waals surface area contributed by atoms with Gasteiger partial charge in [0.05, 0.1) is 6.04 Å². The van der Waals surface area contributed by atoms with Crippen LogP contribution in [0.4, 0.5) is 0 Å². The smallest absolute Gasteiger partial charge is 0.206 e. The number of rotatable bonds is 6. The van der Waals surface area contributed by atoms with E-state index in [1.165, 1.54) is 5.56 Å². The first-order valence-electron chi connectivity index (χ1n) is 6.09. The minimum absolute atomic E-state index is 0.156. The van der Waals surface area contributed by atoms with Gasteiger partial charge >= 0.3 is 0 Å². The van der Waals surface area contributed by atoms with Crippen LogP contribution < -0.4 is 16.6 Å². The predicted molar refractivity (Wildman–Crippen MR) is 74.1 cm³/mol. The van der Waals surface area contributed by atoms with E-state index in [-0.39, 0.29) is 6.04 Å². The number of ether oxygens (including phenoxy) is 1. The first-order chi connectivity index (χ1) is 8.77. The van der Waals surface area contributed by atoms with Crippen LogP contribution in [-0.2, 0) is 4.74 Å². The first-order valence-corrected chi connectivity index (χ1v) is 6.09. The van der Waals surface area contributed by atoms with Crippen molar-refractivity contribution in [1.29, 1.82) is 0 Å². The zero-order valence-corrected chi connectivity index (χ0v) is 11.0. The standard InChI is InChI=1S/C13H22N4O/c1-11(12-7-4-3-5-8-12)16-13(17-14)15-9-6-10-18-2/h3-5,7-8,11H,6,9-10,14H2,1-2H3,(H2,15,16,17). The van der Waals surface area contributed by atoms with Crippen LogP contribution in [0.2, 0.25) is 0 Å². The van der Waals surface area contributed by atoms with E-state index in [2.05, 4.69) is 34.8 Å². The summed E-state index contributed by atoms with van der Waals surface area (Å²) in [6, 6.07) is 10.3. The fraction of sp³-hybridized carbons (Fsp3) is 0.462. The zero-order valence-electron chi connectivity index (χ0n) is 11.0. The van der Waals surface area contributed by atoms with Gasteiger partial charge in [0.1, 0.15) is 0 Å². The first kappa shape index (κ1) is 14.5. The van der Waals surface area contributed by atoms with Crippen LogP contribution in [-0.4, -0.2) is 26.2 Å². The Balaban J connectivity index is 2.47.